The molecule has 2 fully saturated rings. The Hall–Kier alpha value is -0.130. The zero-order chi connectivity index (χ0) is 9.53. The highest BCUT2D eigenvalue weighted by Crippen LogP contribution is 2.41. The molecule has 0 aromatic heterocycles. The van der Waals surface area contributed by atoms with Crippen molar-refractivity contribution in [2.75, 3.05) is 6.54 Å². The molecule has 0 heterocycles. The monoisotopic (exact) mass is 204 g/mol. The van der Waals surface area contributed by atoms with Gasteiger partial charge in [-0.1, -0.05) is 6.42 Å². The second-order valence-corrected chi connectivity index (χ2v) is 6.19. The van der Waals surface area contributed by atoms with Gasteiger partial charge in [-0.15, -0.1) is 0 Å². The number of nitrogens with two attached hydrogens (primary N) is 1. The third-order valence-electron chi connectivity index (χ3n) is 3.23. The van der Waals surface area contributed by atoms with Crippen molar-refractivity contribution in [1.29, 1.82) is 0 Å². The smallest absolute Gasteiger partial charge is 0.216 e. The summed E-state index contributed by atoms with van der Waals surface area (Å²) < 4.78 is 21.7. The first-order chi connectivity index (χ1) is 6.04. The maximum atomic E-state index is 11.2. The highest BCUT2D eigenvalue weighted by molar-refractivity contribution is 7.90. The minimum Gasteiger partial charge on any atom is -0.312 e. The zero-order valence-electron chi connectivity index (χ0n) is 7.62. The molecule has 0 aliphatic heterocycles. The Morgan fingerprint density at radius 3 is 2.31 bits per heavy atom. The molecule has 0 spiro atoms. The number of rotatable bonds is 4. The minimum atomic E-state index is -3.33. The third kappa shape index (κ3) is 1.73. The van der Waals surface area contributed by atoms with E-state index in [1.54, 1.807) is 0 Å². The number of hydrogen-bond acceptors (Lipinski definition) is 3. The summed E-state index contributed by atoms with van der Waals surface area (Å²) in [7, 11) is -3.33. The van der Waals surface area contributed by atoms with Gasteiger partial charge in [0.1, 0.15) is 0 Å². The van der Waals surface area contributed by atoms with E-state index in [4.69, 9.17) is 5.14 Å². The van der Waals surface area contributed by atoms with Crippen molar-refractivity contribution in [3.05, 3.63) is 0 Å². The summed E-state index contributed by atoms with van der Waals surface area (Å²) in [4.78, 5) is 0. The lowest BCUT2D eigenvalue weighted by Gasteiger charge is -2.28. The number of primary sulfonamides is 1. The second kappa shape index (κ2) is 2.93. The van der Waals surface area contributed by atoms with Crippen molar-refractivity contribution in [2.45, 2.75) is 42.9 Å². The highest BCUT2D eigenvalue weighted by Gasteiger charge is 2.52. The quantitative estimate of drug-likeness (QED) is 0.674. The Labute approximate surface area is 78.9 Å². The summed E-state index contributed by atoms with van der Waals surface area (Å²) in [6, 6.07) is 0.541. The van der Waals surface area contributed by atoms with Crippen LogP contribution in [0.1, 0.15) is 32.1 Å². The predicted octanol–water partition coefficient (Wildman–Crippen LogP) is -0.0504. The summed E-state index contributed by atoms with van der Waals surface area (Å²) in [5.41, 5.74) is 0. The summed E-state index contributed by atoms with van der Waals surface area (Å²) >= 11 is 0. The number of hydrogen-bond donors (Lipinski definition) is 2. The van der Waals surface area contributed by atoms with Crippen LogP contribution >= 0.6 is 0 Å². The standard InChI is InChI=1S/C8H16N2O2S/c9-13(11,12)8(4-5-8)6-10-7-2-1-3-7/h7,10H,1-6H2,(H2,9,11,12). The number of nitrogens with one attached hydrogen (secondary N) is 1. The van der Waals surface area contributed by atoms with Crippen LogP contribution in [0.5, 0.6) is 0 Å². The molecule has 2 aliphatic rings. The molecule has 0 saturated heterocycles. The fraction of sp³-hybridized carbons (Fsp3) is 1.00. The van der Waals surface area contributed by atoms with E-state index in [9.17, 15) is 8.42 Å². The van der Waals surface area contributed by atoms with E-state index in [0.29, 0.717) is 12.6 Å². The lowest BCUT2D eigenvalue weighted by molar-refractivity contribution is 0.337. The van der Waals surface area contributed by atoms with Gasteiger partial charge >= 0.3 is 0 Å². The van der Waals surface area contributed by atoms with Gasteiger partial charge in [0, 0.05) is 12.6 Å². The van der Waals surface area contributed by atoms with Gasteiger partial charge in [-0.25, -0.2) is 13.6 Å². The molecular weight excluding hydrogens is 188 g/mol. The number of sulfonamides is 1. The SMILES string of the molecule is NS(=O)(=O)C1(CNC2CCC2)CC1. The molecule has 2 aliphatic carbocycles. The van der Waals surface area contributed by atoms with Gasteiger partial charge in [0.05, 0.1) is 4.75 Å². The van der Waals surface area contributed by atoms with Gasteiger partial charge in [0.2, 0.25) is 10.0 Å². The Morgan fingerprint density at radius 2 is 2.00 bits per heavy atom. The van der Waals surface area contributed by atoms with Crippen molar-refractivity contribution < 1.29 is 8.42 Å². The molecule has 2 rings (SSSR count). The van der Waals surface area contributed by atoms with Gasteiger partial charge in [0.25, 0.3) is 0 Å². The van der Waals surface area contributed by atoms with Gasteiger partial charge in [0.15, 0.2) is 0 Å². The van der Waals surface area contributed by atoms with Crippen LogP contribution in [0.25, 0.3) is 0 Å². The molecule has 0 aromatic carbocycles. The second-order valence-electron chi connectivity index (χ2n) is 4.24. The first-order valence-electron chi connectivity index (χ1n) is 4.79. The van der Waals surface area contributed by atoms with E-state index in [-0.39, 0.29) is 0 Å². The normalized spacial score (nSPS) is 26.8. The topological polar surface area (TPSA) is 72.2 Å². The van der Waals surface area contributed by atoms with E-state index in [0.717, 1.165) is 12.8 Å². The van der Waals surface area contributed by atoms with E-state index in [2.05, 4.69) is 5.32 Å². The van der Waals surface area contributed by atoms with Crippen LogP contribution in [0.2, 0.25) is 0 Å². The van der Waals surface area contributed by atoms with Crippen LogP contribution in [0.15, 0.2) is 0 Å². The molecule has 0 bridgehead atoms. The molecule has 76 valence electrons. The van der Waals surface area contributed by atoms with E-state index in [1.165, 1.54) is 19.3 Å². The fourth-order valence-electron chi connectivity index (χ4n) is 1.64. The van der Waals surface area contributed by atoms with Crippen molar-refractivity contribution in [1.82, 2.24) is 5.32 Å². The third-order valence-corrected chi connectivity index (χ3v) is 4.99. The van der Waals surface area contributed by atoms with Crippen LogP contribution < -0.4 is 10.5 Å². The van der Waals surface area contributed by atoms with Gasteiger partial charge in [-0.2, -0.15) is 0 Å². The largest absolute Gasteiger partial charge is 0.312 e. The molecule has 13 heavy (non-hydrogen) atoms. The summed E-state index contributed by atoms with van der Waals surface area (Å²) in [5, 5.41) is 8.42. The van der Waals surface area contributed by atoms with Gasteiger partial charge in [-0.3, -0.25) is 0 Å². The highest BCUT2D eigenvalue weighted by atomic mass is 32.2. The average molecular weight is 204 g/mol. The van der Waals surface area contributed by atoms with Crippen molar-refractivity contribution >= 4 is 10.0 Å². The van der Waals surface area contributed by atoms with Crippen molar-refractivity contribution in [3.8, 4) is 0 Å². The van der Waals surface area contributed by atoms with Crippen LogP contribution in [0.3, 0.4) is 0 Å². The van der Waals surface area contributed by atoms with Crippen LogP contribution in [0, 0.1) is 0 Å². The molecule has 2 saturated carbocycles. The van der Waals surface area contributed by atoms with E-state index in [1.807, 2.05) is 0 Å². The summed E-state index contributed by atoms with van der Waals surface area (Å²) in [5.74, 6) is 0. The Balaban J connectivity index is 1.86. The van der Waals surface area contributed by atoms with E-state index >= 15 is 0 Å². The first kappa shape index (κ1) is 9.43. The van der Waals surface area contributed by atoms with Crippen LogP contribution in [-0.4, -0.2) is 25.8 Å². The van der Waals surface area contributed by atoms with Crippen molar-refractivity contribution in [3.63, 3.8) is 0 Å². The fourth-order valence-corrected chi connectivity index (χ4v) is 2.60. The molecule has 4 nitrogen and oxygen atoms in total. The van der Waals surface area contributed by atoms with E-state index < -0.39 is 14.8 Å². The molecule has 5 heteroatoms. The lowest BCUT2D eigenvalue weighted by Crippen LogP contribution is -2.45. The van der Waals surface area contributed by atoms with Gasteiger partial charge < -0.3 is 5.32 Å². The predicted molar refractivity (Wildman–Crippen MR) is 50.7 cm³/mol. The molecular formula is C8H16N2O2S. The maximum Gasteiger partial charge on any atom is 0.216 e. The Bertz CT molecular complexity index is 291. The molecule has 3 N–H and O–H groups in total. The minimum absolute atomic E-state index is 0.541. The molecule has 0 radical (unpaired) electrons. The Morgan fingerprint density at radius 1 is 1.38 bits per heavy atom. The van der Waals surface area contributed by atoms with Crippen molar-refractivity contribution in [2.24, 2.45) is 5.14 Å². The summed E-state index contributed by atoms with van der Waals surface area (Å²) in [6.45, 7) is 0.552. The van der Waals surface area contributed by atoms with Crippen LogP contribution in [-0.2, 0) is 10.0 Å². The molecule has 0 atom stereocenters. The van der Waals surface area contributed by atoms with Gasteiger partial charge in [-0.05, 0) is 25.7 Å². The first-order valence-corrected chi connectivity index (χ1v) is 6.34. The molecule has 0 amide bonds. The van der Waals surface area contributed by atoms with Crippen LogP contribution in [0.4, 0.5) is 0 Å². The zero-order valence-corrected chi connectivity index (χ0v) is 8.44. The molecule has 0 unspecified atom stereocenters. The lowest BCUT2D eigenvalue weighted by atomic mass is 9.93. The summed E-state index contributed by atoms with van der Waals surface area (Å²) in [6.07, 6.45) is 5.08. The Kier molecular flexibility index (Phi) is 2.13. The molecule has 0 aromatic rings. The average Bonchev–Trinajstić information content (AvgIpc) is 2.62. The maximum absolute atomic E-state index is 11.2.